The van der Waals surface area contributed by atoms with E-state index in [1.807, 2.05) is 11.3 Å². The van der Waals surface area contributed by atoms with Crippen LogP contribution in [0, 0.1) is 0 Å². The number of anilines is 3. The van der Waals surface area contributed by atoms with Crippen molar-refractivity contribution in [3.8, 4) is 0 Å². The van der Waals surface area contributed by atoms with Gasteiger partial charge in [0.15, 0.2) is 0 Å². The molecule has 0 bridgehead atoms. The quantitative estimate of drug-likeness (QED) is 0.197. The predicted molar refractivity (Wildman–Crippen MR) is 184 cm³/mol. The summed E-state index contributed by atoms with van der Waals surface area (Å²) in [6, 6.07) is 55.5. The van der Waals surface area contributed by atoms with Crippen LogP contribution in [0.3, 0.4) is 0 Å². The highest BCUT2D eigenvalue weighted by Crippen LogP contribution is 2.49. The number of para-hydroxylation sites is 1. The number of benzene rings is 8. The number of rotatable bonds is 3. The van der Waals surface area contributed by atoms with Crippen LogP contribution in [0.2, 0.25) is 0 Å². The predicted octanol–water partition coefficient (Wildman–Crippen LogP) is 12.1. The molecule has 0 spiro atoms. The minimum atomic E-state index is 1.15. The van der Waals surface area contributed by atoms with Crippen LogP contribution in [0.4, 0.5) is 17.1 Å². The molecule has 0 N–H and O–H groups in total. The average Bonchev–Trinajstić information content (AvgIpc) is 3.44. The number of fused-ring (bicyclic) bond motifs is 10. The highest BCUT2D eigenvalue weighted by molar-refractivity contribution is 7.26. The maximum atomic E-state index is 2.49. The first-order valence-electron chi connectivity index (χ1n) is 14.4. The standard InChI is InChI=1S/C40H25NS/c1-2-13-29(14-3-1)41(35-19-10-18-33-32-17-8-9-20-37(32)42-40(33)35)36-25-28-22-21-26-11-4-6-15-30(26)38(28)34-24-23-27-12-5-7-16-31(27)39(34)36/h1-25H. The highest BCUT2D eigenvalue weighted by Gasteiger charge is 2.22. The number of hydrogen-bond donors (Lipinski definition) is 0. The average molecular weight is 552 g/mol. The Morgan fingerprint density at radius 1 is 0.381 bits per heavy atom. The Morgan fingerprint density at radius 3 is 1.81 bits per heavy atom. The molecular formula is C40H25NS. The van der Waals surface area contributed by atoms with Crippen molar-refractivity contribution in [3.63, 3.8) is 0 Å². The Kier molecular flexibility index (Phi) is 5.13. The lowest BCUT2D eigenvalue weighted by molar-refractivity contribution is 1.32. The van der Waals surface area contributed by atoms with E-state index in [1.165, 1.54) is 74.6 Å². The molecule has 2 heteroatoms. The first-order valence-corrected chi connectivity index (χ1v) is 15.2. The van der Waals surface area contributed by atoms with Crippen LogP contribution in [0.25, 0.3) is 63.3 Å². The fraction of sp³-hybridized carbons (Fsp3) is 0. The van der Waals surface area contributed by atoms with E-state index >= 15 is 0 Å². The van der Waals surface area contributed by atoms with Gasteiger partial charge < -0.3 is 4.90 Å². The van der Waals surface area contributed by atoms with E-state index in [4.69, 9.17) is 0 Å². The maximum absolute atomic E-state index is 2.49. The summed E-state index contributed by atoms with van der Waals surface area (Å²) in [5.74, 6) is 0. The molecule has 0 fully saturated rings. The lowest BCUT2D eigenvalue weighted by Crippen LogP contribution is -2.11. The summed E-state index contributed by atoms with van der Waals surface area (Å²) in [7, 11) is 0. The number of thiophene rings is 1. The Morgan fingerprint density at radius 2 is 1.00 bits per heavy atom. The van der Waals surface area contributed by atoms with Crippen LogP contribution in [-0.2, 0) is 0 Å². The van der Waals surface area contributed by atoms with Crippen molar-refractivity contribution in [3.05, 3.63) is 152 Å². The molecule has 0 saturated carbocycles. The third kappa shape index (κ3) is 3.43. The minimum Gasteiger partial charge on any atom is -0.308 e. The first kappa shape index (κ1) is 23.5. The summed E-state index contributed by atoms with van der Waals surface area (Å²) in [5, 5.41) is 12.8. The molecule has 0 atom stereocenters. The van der Waals surface area contributed by atoms with E-state index in [9.17, 15) is 0 Å². The van der Waals surface area contributed by atoms with Gasteiger partial charge in [0, 0.05) is 26.5 Å². The van der Waals surface area contributed by atoms with Crippen LogP contribution in [0.5, 0.6) is 0 Å². The fourth-order valence-electron chi connectivity index (χ4n) is 6.75. The van der Waals surface area contributed by atoms with Crippen molar-refractivity contribution in [1.82, 2.24) is 0 Å². The lowest BCUT2D eigenvalue weighted by atomic mass is 9.91. The molecule has 9 aromatic rings. The Hall–Kier alpha value is -5.18. The SMILES string of the molecule is c1ccc(N(c2cccc3c2sc2ccccc23)c2cc3ccc4ccccc4c3c3ccc4ccccc4c23)cc1. The van der Waals surface area contributed by atoms with Gasteiger partial charge in [-0.1, -0.05) is 121 Å². The van der Waals surface area contributed by atoms with Crippen LogP contribution in [-0.4, -0.2) is 0 Å². The van der Waals surface area contributed by atoms with Crippen molar-refractivity contribution in [2.45, 2.75) is 0 Å². The van der Waals surface area contributed by atoms with Gasteiger partial charge in [-0.3, -0.25) is 0 Å². The van der Waals surface area contributed by atoms with Gasteiger partial charge in [0.25, 0.3) is 0 Å². The molecule has 0 aliphatic carbocycles. The zero-order valence-corrected chi connectivity index (χ0v) is 23.6. The van der Waals surface area contributed by atoms with E-state index in [2.05, 4.69) is 157 Å². The normalized spacial score (nSPS) is 11.8. The smallest absolute Gasteiger partial charge is 0.0640 e. The molecule has 0 aliphatic heterocycles. The third-order valence-corrected chi connectivity index (χ3v) is 9.80. The Labute approximate surface area is 247 Å². The van der Waals surface area contributed by atoms with E-state index in [0.717, 1.165) is 5.69 Å². The molecular weight excluding hydrogens is 527 g/mol. The maximum Gasteiger partial charge on any atom is 0.0640 e. The molecule has 0 amide bonds. The summed E-state index contributed by atoms with van der Waals surface area (Å²) in [5.41, 5.74) is 3.55. The fourth-order valence-corrected chi connectivity index (χ4v) is 7.96. The van der Waals surface area contributed by atoms with E-state index < -0.39 is 0 Å². The highest BCUT2D eigenvalue weighted by atomic mass is 32.1. The van der Waals surface area contributed by atoms with E-state index in [1.54, 1.807) is 0 Å². The largest absolute Gasteiger partial charge is 0.308 e. The zero-order chi connectivity index (χ0) is 27.6. The van der Waals surface area contributed by atoms with Gasteiger partial charge in [-0.25, -0.2) is 0 Å². The molecule has 1 aromatic heterocycles. The summed E-state index contributed by atoms with van der Waals surface area (Å²) in [6.07, 6.45) is 0. The van der Waals surface area contributed by atoms with Crippen molar-refractivity contribution < 1.29 is 0 Å². The monoisotopic (exact) mass is 551 g/mol. The first-order chi connectivity index (χ1) is 20.8. The van der Waals surface area contributed by atoms with Crippen LogP contribution >= 0.6 is 11.3 Å². The molecule has 196 valence electrons. The molecule has 0 saturated heterocycles. The summed E-state index contributed by atoms with van der Waals surface area (Å²) in [6.45, 7) is 0. The van der Waals surface area contributed by atoms with Gasteiger partial charge in [0.2, 0.25) is 0 Å². The van der Waals surface area contributed by atoms with Crippen molar-refractivity contribution >= 4 is 91.7 Å². The molecule has 0 radical (unpaired) electrons. The second kappa shape index (κ2) is 9.17. The van der Waals surface area contributed by atoms with Crippen LogP contribution < -0.4 is 4.90 Å². The van der Waals surface area contributed by atoms with Gasteiger partial charge in [-0.05, 0) is 68.0 Å². The van der Waals surface area contributed by atoms with Crippen LogP contribution in [0.15, 0.2) is 152 Å². The minimum absolute atomic E-state index is 1.15. The molecule has 0 aliphatic rings. The van der Waals surface area contributed by atoms with Gasteiger partial charge in [-0.15, -0.1) is 11.3 Å². The lowest BCUT2D eigenvalue weighted by Gasteiger charge is -2.28. The van der Waals surface area contributed by atoms with Gasteiger partial charge in [-0.2, -0.15) is 0 Å². The van der Waals surface area contributed by atoms with Crippen molar-refractivity contribution in [2.24, 2.45) is 0 Å². The summed E-state index contributed by atoms with van der Waals surface area (Å²) in [4.78, 5) is 2.49. The molecule has 1 nitrogen and oxygen atoms in total. The molecule has 1 heterocycles. The second-order valence-electron chi connectivity index (χ2n) is 10.9. The summed E-state index contributed by atoms with van der Waals surface area (Å²) >= 11 is 1.88. The van der Waals surface area contributed by atoms with Crippen molar-refractivity contribution in [2.75, 3.05) is 4.90 Å². The molecule has 0 unspecified atom stereocenters. The Balaban J connectivity index is 1.48. The van der Waals surface area contributed by atoms with Crippen LogP contribution in [0.1, 0.15) is 0 Å². The van der Waals surface area contributed by atoms with Gasteiger partial charge in [0.05, 0.1) is 16.1 Å². The van der Waals surface area contributed by atoms with Gasteiger partial charge >= 0.3 is 0 Å². The molecule has 9 rings (SSSR count). The topological polar surface area (TPSA) is 3.24 Å². The summed E-state index contributed by atoms with van der Waals surface area (Å²) < 4.78 is 2.61. The second-order valence-corrected chi connectivity index (χ2v) is 12.0. The third-order valence-electron chi connectivity index (χ3n) is 8.59. The number of nitrogens with zero attached hydrogens (tertiary/aromatic N) is 1. The molecule has 42 heavy (non-hydrogen) atoms. The molecule has 8 aromatic carbocycles. The van der Waals surface area contributed by atoms with E-state index in [0.29, 0.717) is 0 Å². The van der Waals surface area contributed by atoms with Crippen molar-refractivity contribution in [1.29, 1.82) is 0 Å². The van der Waals surface area contributed by atoms with E-state index in [-0.39, 0.29) is 0 Å². The zero-order valence-electron chi connectivity index (χ0n) is 22.8. The Bertz CT molecular complexity index is 2470. The number of hydrogen-bond acceptors (Lipinski definition) is 2. The van der Waals surface area contributed by atoms with Gasteiger partial charge in [0.1, 0.15) is 0 Å².